The van der Waals surface area contributed by atoms with Gasteiger partial charge in [-0.1, -0.05) is 0 Å². The van der Waals surface area contributed by atoms with Crippen molar-refractivity contribution in [2.24, 2.45) is 5.73 Å². The topological polar surface area (TPSA) is 97.1 Å². The van der Waals surface area contributed by atoms with E-state index in [1.54, 1.807) is 11.9 Å². The minimum atomic E-state index is 0.0264. The van der Waals surface area contributed by atoms with Gasteiger partial charge in [0.2, 0.25) is 5.91 Å². The normalized spacial score (nSPS) is 14.7. The van der Waals surface area contributed by atoms with E-state index < -0.39 is 0 Å². The number of fused-ring (bicyclic) bond motifs is 1. The molecule has 1 aromatic heterocycles. The van der Waals surface area contributed by atoms with Crippen LogP contribution in [0.5, 0.6) is 5.75 Å². The van der Waals surface area contributed by atoms with Crippen molar-refractivity contribution in [1.29, 1.82) is 0 Å². The van der Waals surface area contributed by atoms with Crippen LogP contribution in [0, 0.1) is 0 Å². The lowest BCUT2D eigenvalue weighted by Gasteiger charge is -2.16. The summed E-state index contributed by atoms with van der Waals surface area (Å²) in [6.07, 6.45) is 0.374. The highest BCUT2D eigenvalue weighted by Crippen LogP contribution is 2.33. The summed E-state index contributed by atoms with van der Waals surface area (Å²) in [5.74, 6) is 1.89. The molecule has 0 radical (unpaired) electrons. The molecule has 20 heavy (non-hydrogen) atoms. The summed E-state index contributed by atoms with van der Waals surface area (Å²) in [6, 6.07) is 5.55. The second-order valence-electron chi connectivity index (χ2n) is 4.54. The largest absolute Gasteiger partial charge is 0.491 e. The summed E-state index contributed by atoms with van der Waals surface area (Å²) in [5, 5.41) is 6.88. The molecule has 0 spiro atoms. The Bertz CT molecular complexity index is 652. The van der Waals surface area contributed by atoms with Crippen LogP contribution in [-0.2, 0) is 11.3 Å². The van der Waals surface area contributed by atoms with Crippen molar-refractivity contribution >= 4 is 11.6 Å². The molecule has 3 rings (SSSR count). The van der Waals surface area contributed by atoms with Crippen molar-refractivity contribution in [3.63, 3.8) is 0 Å². The highest BCUT2D eigenvalue weighted by atomic mass is 16.5. The summed E-state index contributed by atoms with van der Waals surface area (Å²) in [6.45, 7) is 0.701. The van der Waals surface area contributed by atoms with Gasteiger partial charge < -0.3 is 15.4 Å². The molecule has 0 saturated carbocycles. The Morgan fingerprint density at radius 2 is 2.35 bits per heavy atom. The van der Waals surface area contributed by atoms with Crippen molar-refractivity contribution < 1.29 is 9.53 Å². The number of hydrogen-bond donors (Lipinski definition) is 2. The summed E-state index contributed by atoms with van der Waals surface area (Å²) < 4.78 is 5.58. The zero-order chi connectivity index (χ0) is 14.1. The number of rotatable bonds is 2. The first-order valence-corrected chi connectivity index (χ1v) is 6.34. The number of amides is 1. The van der Waals surface area contributed by atoms with Crippen molar-refractivity contribution in [3.8, 4) is 17.1 Å². The molecular weight excluding hydrogens is 258 g/mol. The van der Waals surface area contributed by atoms with E-state index in [2.05, 4.69) is 15.2 Å². The minimum absolute atomic E-state index is 0.0264. The van der Waals surface area contributed by atoms with Crippen LogP contribution in [0.4, 0.5) is 5.69 Å². The first-order valence-electron chi connectivity index (χ1n) is 6.34. The molecule has 0 fully saturated rings. The van der Waals surface area contributed by atoms with Crippen LogP contribution in [0.3, 0.4) is 0 Å². The molecular formula is C13H15N5O2. The predicted molar refractivity (Wildman–Crippen MR) is 73.2 cm³/mol. The predicted octanol–water partition coefficient (Wildman–Crippen LogP) is 0.676. The third-order valence-electron chi connectivity index (χ3n) is 3.25. The highest BCUT2D eigenvalue weighted by Gasteiger charge is 2.21. The Balaban J connectivity index is 2.03. The standard InChI is InChI=1S/C13H15N5O2/c1-18-9-6-8(13-15-11(7-14)16-17-13)2-3-10(9)20-5-4-12(18)19/h2-3,6H,4-5,7,14H2,1H3,(H,15,16,17). The van der Waals surface area contributed by atoms with Gasteiger partial charge in [-0.3, -0.25) is 9.89 Å². The molecule has 1 aliphatic heterocycles. The van der Waals surface area contributed by atoms with Crippen LogP contribution in [0.1, 0.15) is 12.2 Å². The highest BCUT2D eigenvalue weighted by molar-refractivity contribution is 5.95. The fraction of sp³-hybridized carbons (Fsp3) is 0.308. The zero-order valence-corrected chi connectivity index (χ0v) is 11.1. The van der Waals surface area contributed by atoms with Gasteiger partial charge in [0.05, 0.1) is 25.3 Å². The number of carbonyl (C=O) groups is 1. The number of hydrogen-bond acceptors (Lipinski definition) is 5. The third kappa shape index (κ3) is 2.12. The molecule has 1 aliphatic rings. The number of H-pyrrole nitrogens is 1. The van der Waals surface area contributed by atoms with Crippen LogP contribution < -0.4 is 15.4 Å². The third-order valence-corrected chi connectivity index (χ3v) is 3.25. The summed E-state index contributed by atoms with van der Waals surface area (Å²) in [4.78, 5) is 17.7. The number of nitrogens with zero attached hydrogens (tertiary/aromatic N) is 3. The van der Waals surface area contributed by atoms with Gasteiger partial charge in [0.25, 0.3) is 0 Å². The van der Waals surface area contributed by atoms with Gasteiger partial charge >= 0.3 is 0 Å². The fourth-order valence-corrected chi connectivity index (χ4v) is 2.11. The monoisotopic (exact) mass is 273 g/mol. The Morgan fingerprint density at radius 3 is 3.10 bits per heavy atom. The molecule has 0 unspecified atom stereocenters. The quantitative estimate of drug-likeness (QED) is 0.838. The number of nitrogens with two attached hydrogens (primary N) is 1. The Hall–Kier alpha value is -2.41. The SMILES string of the molecule is CN1C(=O)CCOc2ccc(-c3n[nH]c(CN)n3)cc21. The molecule has 2 aromatic rings. The molecule has 1 amide bonds. The van der Waals surface area contributed by atoms with Crippen LogP contribution >= 0.6 is 0 Å². The van der Waals surface area contributed by atoms with E-state index in [1.807, 2.05) is 18.2 Å². The van der Waals surface area contributed by atoms with Crippen LogP contribution in [-0.4, -0.2) is 34.7 Å². The van der Waals surface area contributed by atoms with E-state index in [4.69, 9.17) is 10.5 Å². The maximum Gasteiger partial charge on any atom is 0.230 e. The molecule has 1 aromatic carbocycles. The summed E-state index contributed by atoms with van der Waals surface area (Å²) in [5.41, 5.74) is 7.04. The van der Waals surface area contributed by atoms with Crippen molar-refractivity contribution in [2.75, 3.05) is 18.6 Å². The number of carbonyl (C=O) groups excluding carboxylic acids is 1. The molecule has 2 heterocycles. The van der Waals surface area contributed by atoms with Gasteiger partial charge in [0.15, 0.2) is 5.82 Å². The van der Waals surface area contributed by atoms with Gasteiger partial charge in [-0.2, -0.15) is 5.10 Å². The van der Waals surface area contributed by atoms with Gasteiger partial charge in [0.1, 0.15) is 11.6 Å². The fourth-order valence-electron chi connectivity index (χ4n) is 2.11. The van der Waals surface area contributed by atoms with Crippen molar-refractivity contribution in [3.05, 3.63) is 24.0 Å². The van der Waals surface area contributed by atoms with E-state index in [0.29, 0.717) is 37.0 Å². The van der Waals surface area contributed by atoms with Crippen molar-refractivity contribution in [1.82, 2.24) is 15.2 Å². The number of anilines is 1. The number of aromatic amines is 1. The van der Waals surface area contributed by atoms with E-state index in [9.17, 15) is 4.79 Å². The first-order chi connectivity index (χ1) is 9.69. The van der Waals surface area contributed by atoms with Crippen LogP contribution in [0.2, 0.25) is 0 Å². The number of aromatic nitrogens is 3. The number of nitrogens with one attached hydrogen (secondary N) is 1. The second kappa shape index (κ2) is 4.93. The second-order valence-corrected chi connectivity index (χ2v) is 4.54. The number of benzene rings is 1. The first kappa shape index (κ1) is 12.6. The van der Waals surface area contributed by atoms with E-state index in [1.165, 1.54) is 0 Å². The molecule has 0 atom stereocenters. The van der Waals surface area contributed by atoms with E-state index in [0.717, 1.165) is 11.3 Å². The molecule has 0 saturated heterocycles. The maximum atomic E-state index is 11.9. The molecule has 0 aliphatic carbocycles. The molecule has 3 N–H and O–H groups in total. The van der Waals surface area contributed by atoms with Gasteiger partial charge in [-0.25, -0.2) is 4.98 Å². The molecule has 0 bridgehead atoms. The van der Waals surface area contributed by atoms with E-state index >= 15 is 0 Å². The van der Waals surface area contributed by atoms with Crippen molar-refractivity contribution in [2.45, 2.75) is 13.0 Å². The lowest BCUT2D eigenvalue weighted by Crippen LogP contribution is -2.25. The Morgan fingerprint density at radius 1 is 1.50 bits per heavy atom. The Kier molecular flexibility index (Phi) is 3.11. The summed E-state index contributed by atoms with van der Waals surface area (Å²) in [7, 11) is 1.74. The van der Waals surface area contributed by atoms with Crippen LogP contribution in [0.25, 0.3) is 11.4 Å². The average Bonchev–Trinajstić information content (AvgIpc) is 2.90. The van der Waals surface area contributed by atoms with Gasteiger partial charge in [0, 0.05) is 12.6 Å². The lowest BCUT2D eigenvalue weighted by molar-refractivity contribution is -0.118. The Labute approximate surface area is 115 Å². The number of ether oxygens (including phenoxy) is 1. The minimum Gasteiger partial charge on any atom is -0.491 e. The van der Waals surface area contributed by atoms with Gasteiger partial charge in [-0.05, 0) is 18.2 Å². The lowest BCUT2D eigenvalue weighted by atomic mass is 10.1. The maximum absolute atomic E-state index is 11.9. The summed E-state index contributed by atoms with van der Waals surface area (Å²) >= 11 is 0. The van der Waals surface area contributed by atoms with Crippen LogP contribution in [0.15, 0.2) is 18.2 Å². The van der Waals surface area contributed by atoms with E-state index in [-0.39, 0.29) is 5.91 Å². The van der Waals surface area contributed by atoms with Gasteiger partial charge in [-0.15, -0.1) is 0 Å². The smallest absolute Gasteiger partial charge is 0.230 e. The molecule has 7 heteroatoms. The molecule has 7 nitrogen and oxygen atoms in total. The zero-order valence-electron chi connectivity index (χ0n) is 11.1. The average molecular weight is 273 g/mol. The molecule has 104 valence electrons.